The molecule has 308 valence electrons. The fraction of sp³-hybridized carbons (Fsp3) is 0.326. The van der Waals surface area contributed by atoms with Crippen LogP contribution >= 0.6 is 0 Å². The lowest BCUT2D eigenvalue weighted by Gasteiger charge is -2.34. The molecule has 7 heterocycles. The predicted octanol–water partition coefficient (Wildman–Crippen LogP) is 4.43. The maximum atomic E-state index is 13.7. The number of anilines is 1. The Morgan fingerprint density at radius 2 is 1.77 bits per heavy atom. The molecule has 17 nitrogen and oxygen atoms in total. The van der Waals surface area contributed by atoms with E-state index in [9.17, 15) is 34.5 Å². The van der Waals surface area contributed by atoms with Crippen molar-refractivity contribution in [2.45, 2.75) is 65.2 Å². The number of rotatable bonds is 7. The number of nitrogens with zero attached hydrogens (tertiary/aromatic N) is 7. The van der Waals surface area contributed by atoms with Crippen molar-refractivity contribution in [1.29, 1.82) is 0 Å². The number of esters is 1. The first-order valence-electron chi connectivity index (χ1n) is 19.9. The number of hydrogen-bond donors (Lipinski definition) is 4. The number of piperazine rings is 1. The molecule has 4 aromatic heterocycles. The van der Waals surface area contributed by atoms with Gasteiger partial charge in [-0.05, 0) is 72.4 Å². The quantitative estimate of drug-likeness (QED) is 0.164. The highest BCUT2D eigenvalue weighted by atomic mass is 16.6. The first-order valence-corrected chi connectivity index (χ1v) is 19.9. The van der Waals surface area contributed by atoms with E-state index in [0.29, 0.717) is 72.3 Å². The van der Waals surface area contributed by atoms with Crippen LogP contribution < -0.4 is 20.9 Å². The van der Waals surface area contributed by atoms with Gasteiger partial charge in [-0.3, -0.25) is 4.79 Å². The molecular weight excluding hydrogens is 773 g/mol. The molecule has 0 bridgehead atoms. The van der Waals surface area contributed by atoms with Crippen LogP contribution in [0.2, 0.25) is 0 Å². The number of amides is 1. The zero-order valence-electron chi connectivity index (χ0n) is 33.4. The Labute approximate surface area is 342 Å². The summed E-state index contributed by atoms with van der Waals surface area (Å²) in [5.41, 5.74) is 2.64. The van der Waals surface area contributed by atoms with Crippen LogP contribution in [0, 0.1) is 0 Å². The molecular formula is C43H42N8O9. The van der Waals surface area contributed by atoms with Gasteiger partial charge in [0.15, 0.2) is 11.4 Å². The largest absolute Gasteiger partial charge is 0.508 e. The second-order valence-corrected chi connectivity index (χ2v) is 15.5. The summed E-state index contributed by atoms with van der Waals surface area (Å²) in [6.45, 7) is 9.24. The average molecular weight is 815 g/mol. The Hall–Kier alpha value is -7.01. The molecule has 4 N–H and O–H groups in total. The van der Waals surface area contributed by atoms with Gasteiger partial charge in [0.05, 0.1) is 46.5 Å². The van der Waals surface area contributed by atoms with Crippen molar-refractivity contribution in [2.24, 2.45) is 0 Å². The van der Waals surface area contributed by atoms with Gasteiger partial charge in [0.25, 0.3) is 5.56 Å². The minimum Gasteiger partial charge on any atom is -0.508 e. The van der Waals surface area contributed by atoms with Crippen molar-refractivity contribution in [2.75, 3.05) is 31.1 Å². The maximum Gasteiger partial charge on any atom is 0.415 e. The average Bonchev–Trinajstić information content (AvgIpc) is 3.81. The van der Waals surface area contributed by atoms with Gasteiger partial charge in [0.2, 0.25) is 0 Å². The number of nitrogens with one attached hydrogen (secondary N) is 1. The second kappa shape index (κ2) is 14.4. The fourth-order valence-corrected chi connectivity index (χ4v) is 8.54. The number of carbonyl (C=O) groups excluding carboxylic acids is 2. The van der Waals surface area contributed by atoms with E-state index in [2.05, 4.69) is 15.2 Å². The molecule has 1 saturated heterocycles. The van der Waals surface area contributed by atoms with E-state index in [4.69, 9.17) is 14.5 Å². The summed E-state index contributed by atoms with van der Waals surface area (Å²) in [4.78, 5) is 65.8. The maximum absolute atomic E-state index is 13.7. The van der Waals surface area contributed by atoms with E-state index in [0.717, 1.165) is 16.5 Å². The monoisotopic (exact) mass is 814 g/mol. The molecule has 3 aliphatic heterocycles. The number of aliphatic hydroxyl groups is 1. The Kier molecular flexibility index (Phi) is 9.22. The Bertz CT molecular complexity index is 2870. The summed E-state index contributed by atoms with van der Waals surface area (Å²) < 4.78 is 14.0. The molecule has 1 amide bonds. The number of fused-ring (bicyclic) bond motifs is 5. The normalized spacial score (nSPS) is 17.1. The Morgan fingerprint density at radius 3 is 2.47 bits per heavy atom. The van der Waals surface area contributed by atoms with Crippen LogP contribution in [0.1, 0.15) is 67.9 Å². The molecule has 0 spiro atoms. The highest BCUT2D eigenvalue weighted by Crippen LogP contribution is 2.41. The van der Waals surface area contributed by atoms with Crippen LogP contribution in [-0.4, -0.2) is 87.8 Å². The fourth-order valence-electron chi connectivity index (χ4n) is 8.54. The van der Waals surface area contributed by atoms with Crippen LogP contribution in [0.25, 0.3) is 39.4 Å². The number of pyridine rings is 3. The summed E-state index contributed by atoms with van der Waals surface area (Å²) in [5.74, 6) is 0.0774. The molecule has 3 aliphatic rings. The van der Waals surface area contributed by atoms with Gasteiger partial charge in [-0.1, -0.05) is 27.7 Å². The van der Waals surface area contributed by atoms with Gasteiger partial charge >= 0.3 is 17.8 Å². The second-order valence-electron chi connectivity index (χ2n) is 15.5. The first-order chi connectivity index (χ1) is 28.8. The summed E-state index contributed by atoms with van der Waals surface area (Å²) in [6, 6.07) is 13.3. The third-order valence-corrected chi connectivity index (χ3v) is 11.9. The number of benzene rings is 2. The van der Waals surface area contributed by atoms with Crippen LogP contribution in [0.4, 0.5) is 10.6 Å². The van der Waals surface area contributed by atoms with Crippen molar-refractivity contribution >= 4 is 28.8 Å². The van der Waals surface area contributed by atoms with E-state index in [-0.39, 0.29) is 65.1 Å². The number of phenols is 2. The van der Waals surface area contributed by atoms with Gasteiger partial charge < -0.3 is 39.2 Å². The molecule has 1 unspecified atom stereocenters. The topological polar surface area (TPSA) is 218 Å². The zero-order valence-corrected chi connectivity index (χ0v) is 33.4. The third kappa shape index (κ3) is 6.06. The number of aryl methyl sites for hydroxylation is 1. The standard InChI is InChI=1S/C43H42N8O9/c1-5-25-27-15-24(8-9-32(27)45-37-29(25)20-50-33(37)17-31-30(39(50)54)21-59-40(55)43(31,58)6-2)60-42(57)49-13-11-48(12-14-49)36-10-7-23(19-44-36)51-38(46-47-41(51)56)28-16-26(22(3)4)34(52)18-35(28)53/h7-10,15-19,22,52-53,58H,5-6,11-14,20-21H2,1-4H3,(H,47,56). The first kappa shape index (κ1) is 38.5. The molecule has 0 radical (unpaired) electrons. The molecule has 17 heteroatoms. The summed E-state index contributed by atoms with van der Waals surface area (Å²) in [6.07, 6.45) is 1.70. The predicted molar refractivity (Wildman–Crippen MR) is 219 cm³/mol. The van der Waals surface area contributed by atoms with Crippen molar-refractivity contribution in [3.05, 3.63) is 103 Å². The summed E-state index contributed by atoms with van der Waals surface area (Å²) in [5, 5.41) is 39.6. The van der Waals surface area contributed by atoms with Crippen molar-refractivity contribution in [1.82, 2.24) is 34.2 Å². The lowest BCUT2D eigenvalue weighted by atomic mass is 9.86. The highest BCUT2D eigenvalue weighted by Gasteiger charge is 2.45. The minimum absolute atomic E-state index is 0.0430. The SMILES string of the molecule is CCc1c2c(nc3ccc(OC(=O)N4CCN(c5ccc(-n6c(-c7cc(C(C)C)c(O)cc7O)n[nH]c6=O)cn5)CC4)cc13)-c1cc3c(c(=O)n1C2)COC(=O)C3(O)CC. The van der Waals surface area contributed by atoms with Gasteiger partial charge in [-0.2, -0.15) is 5.10 Å². The molecule has 9 rings (SSSR count). The smallest absolute Gasteiger partial charge is 0.415 e. The van der Waals surface area contributed by atoms with Gasteiger partial charge in [-0.15, -0.1) is 0 Å². The lowest BCUT2D eigenvalue weighted by Crippen LogP contribution is -2.49. The number of phenolic OH excluding ortho intramolecular Hbond substituents is 2. The Balaban J connectivity index is 0.898. The van der Waals surface area contributed by atoms with E-state index >= 15 is 0 Å². The zero-order chi connectivity index (χ0) is 42.2. The van der Waals surface area contributed by atoms with E-state index in [1.54, 1.807) is 65.1 Å². The van der Waals surface area contributed by atoms with Gasteiger partial charge in [-0.25, -0.2) is 34.0 Å². The molecule has 1 fully saturated rings. The van der Waals surface area contributed by atoms with Crippen molar-refractivity contribution in [3.8, 4) is 45.7 Å². The number of aromatic hydroxyl groups is 2. The number of H-pyrrole nitrogens is 1. The molecule has 2 aromatic carbocycles. The van der Waals surface area contributed by atoms with E-state index in [1.165, 1.54) is 10.6 Å². The molecule has 60 heavy (non-hydrogen) atoms. The third-order valence-electron chi connectivity index (χ3n) is 11.9. The van der Waals surface area contributed by atoms with Crippen LogP contribution in [-0.2, 0) is 34.7 Å². The van der Waals surface area contributed by atoms with E-state index < -0.39 is 23.4 Å². The lowest BCUT2D eigenvalue weighted by molar-refractivity contribution is -0.172. The summed E-state index contributed by atoms with van der Waals surface area (Å²) >= 11 is 0. The number of cyclic esters (lactones) is 1. The molecule has 1 atom stereocenters. The number of aromatic nitrogens is 6. The number of aromatic amines is 1. The molecule has 0 saturated carbocycles. The highest BCUT2D eigenvalue weighted by molar-refractivity contribution is 5.90. The molecule has 0 aliphatic carbocycles. The van der Waals surface area contributed by atoms with Crippen LogP contribution in [0.5, 0.6) is 17.2 Å². The van der Waals surface area contributed by atoms with Crippen LogP contribution in [0.15, 0.2) is 64.3 Å². The van der Waals surface area contributed by atoms with Crippen LogP contribution in [0.3, 0.4) is 0 Å². The van der Waals surface area contributed by atoms with Gasteiger partial charge in [0.1, 0.15) is 29.7 Å². The minimum atomic E-state index is -1.92. The van der Waals surface area contributed by atoms with Gasteiger partial charge in [0, 0.05) is 48.8 Å². The number of carbonyl (C=O) groups is 2. The van der Waals surface area contributed by atoms with Crippen molar-refractivity contribution in [3.63, 3.8) is 0 Å². The molecule has 6 aromatic rings. The Morgan fingerprint density at radius 1 is 0.983 bits per heavy atom. The summed E-state index contributed by atoms with van der Waals surface area (Å²) in [7, 11) is 0. The van der Waals surface area contributed by atoms with Crippen molar-refractivity contribution < 1.29 is 34.4 Å². The van der Waals surface area contributed by atoms with E-state index in [1.807, 2.05) is 25.7 Å². The number of hydrogen-bond acceptors (Lipinski definition) is 13. The number of ether oxygens (including phenoxy) is 2.